The maximum atomic E-state index is 7.45. The summed E-state index contributed by atoms with van der Waals surface area (Å²) in [7, 11) is 2.00. The molecule has 0 aliphatic heterocycles. The molecule has 2 aromatic heterocycles. The molecule has 2 heterocycles. The summed E-state index contributed by atoms with van der Waals surface area (Å²) in [5.41, 5.74) is 4.19. The van der Waals surface area contributed by atoms with Gasteiger partial charge in [0.2, 0.25) is 5.69 Å². The van der Waals surface area contributed by atoms with Gasteiger partial charge in [0.1, 0.15) is 7.05 Å². The summed E-state index contributed by atoms with van der Waals surface area (Å²) >= 11 is 0. The Kier molecular flexibility index (Phi) is 2.54. The second kappa shape index (κ2) is 4.76. The van der Waals surface area contributed by atoms with Gasteiger partial charge in [0.05, 0.1) is 11.3 Å². The van der Waals surface area contributed by atoms with Gasteiger partial charge < -0.3 is 0 Å². The van der Waals surface area contributed by atoms with E-state index in [9.17, 15) is 0 Å². The number of rotatable bonds is 1. The van der Waals surface area contributed by atoms with Crippen LogP contribution in [-0.4, -0.2) is 4.98 Å². The zero-order valence-corrected chi connectivity index (χ0v) is 12.3. The van der Waals surface area contributed by atoms with Crippen molar-refractivity contribution in [2.45, 2.75) is 40.0 Å². The molecule has 2 nitrogen and oxygen atoms in total. The van der Waals surface area contributed by atoms with E-state index >= 15 is 0 Å². The van der Waals surface area contributed by atoms with Crippen LogP contribution in [0.4, 0.5) is 0 Å². The van der Waals surface area contributed by atoms with Crippen molar-refractivity contribution >= 4 is 0 Å². The molecule has 0 fully saturated rings. The highest BCUT2D eigenvalue weighted by molar-refractivity contribution is 5.59. The minimum absolute atomic E-state index is 0.0920. The van der Waals surface area contributed by atoms with Gasteiger partial charge in [-0.05, 0) is 37.4 Å². The lowest BCUT2D eigenvalue weighted by atomic mass is 9.88. The summed E-state index contributed by atoms with van der Waals surface area (Å²) in [5, 5.41) is 0. The van der Waals surface area contributed by atoms with Crippen LogP contribution < -0.4 is 4.57 Å². The minimum Gasteiger partial charge on any atom is -0.258 e. The zero-order chi connectivity index (χ0) is 16.7. The lowest BCUT2D eigenvalue weighted by Crippen LogP contribution is -2.33. The fourth-order valence-electron chi connectivity index (χ4n) is 2.16. The maximum absolute atomic E-state index is 7.45. The molecule has 0 bridgehead atoms. The van der Waals surface area contributed by atoms with Gasteiger partial charge in [0.25, 0.3) is 0 Å². The molecule has 100 valence electrons. The van der Waals surface area contributed by atoms with E-state index in [-0.39, 0.29) is 11.1 Å². The first-order valence-corrected chi connectivity index (χ1v) is 6.49. The third-order valence-corrected chi connectivity index (χ3v) is 3.36. The van der Waals surface area contributed by atoms with Gasteiger partial charge in [-0.2, -0.15) is 0 Å². The average Bonchev–Trinajstić information content (AvgIpc) is 2.37. The lowest BCUT2D eigenvalue weighted by molar-refractivity contribution is -0.661. The highest BCUT2D eigenvalue weighted by Crippen LogP contribution is 2.24. The fraction of sp³-hybridized carbons (Fsp3) is 0.412. The smallest absolute Gasteiger partial charge is 0.214 e. The van der Waals surface area contributed by atoms with E-state index in [4.69, 9.17) is 4.11 Å². The van der Waals surface area contributed by atoms with Gasteiger partial charge in [-0.3, -0.25) is 4.98 Å². The Bertz CT molecular complexity index is 637. The number of pyridine rings is 2. The third-order valence-electron chi connectivity index (χ3n) is 3.36. The number of hydrogen-bond donors (Lipinski definition) is 0. The predicted molar refractivity (Wildman–Crippen MR) is 79.0 cm³/mol. The first-order valence-electron chi connectivity index (χ1n) is 7.99. The van der Waals surface area contributed by atoms with Crippen LogP contribution in [0.25, 0.3) is 11.3 Å². The van der Waals surface area contributed by atoms with Crippen molar-refractivity contribution in [3.63, 3.8) is 0 Å². The SMILES string of the molecule is [2H]C([2H])([2H])c1ccc(-c2ccc(C(C)(C)C)c[n+]2C)c(C)n1. The van der Waals surface area contributed by atoms with Gasteiger partial charge >= 0.3 is 0 Å². The predicted octanol–water partition coefficient (Wildman–Crippen LogP) is 3.49. The molecule has 0 N–H and O–H groups in total. The molecule has 0 aliphatic rings. The molecule has 0 aromatic carbocycles. The Morgan fingerprint density at radius 1 is 1.16 bits per heavy atom. The van der Waals surface area contributed by atoms with E-state index in [1.165, 1.54) is 5.56 Å². The Hall–Kier alpha value is -1.70. The van der Waals surface area contributed by atoms with Crippen LogP contribution in [0.2, 0.25) is 0 Å². The van der Waals surface area contributed by atoms with Gasteiger partial charge in [-0.1, -0.05) is 20.8 Å². The minimum atomic E-state index is -2.17. The second-order valence-electron chi connectivity index (χ2n) is 5.99. The maximum Gasteiger partial charge on any atom is 0.214 e. The summed E-state index contributed by atoms with van der Waals surface area (Å²) < 4.78 is 24.4. The van der Waals surface area contributed by atoms with Crippen LogP contribution in [0.1, 0.15) is 41.8 Å². The molecular formula is C17H23N2+. The molecule has 0 atom stereocenters. The van der Waals surface area contributed by atoms with E-state index in [0.717, 1.165) is 17.0 Å². The number of nitrogens with zero attached hydrogens (tertiary/aromatic N) is 2. The molecule has 2 heteroatoms. The third kappa shape index (κ3) is 2.83. The normalized spacial score (nSPS) is 14.7. The Labute approximate surface area is 120 Å². The van der Waals surface area contributed by atoms with Gasteiger partial charge in [0.15, 0.2) is 6.20 Å². The van der Waals surface area contributed by atoms with Crippen LogP contribution >= 0.6 is 0 Å². The molecule has 0 aliphatic carbocycles. The summed E-state index contributed by atoms with van der Waals surface area (Å²) in [6, 6.07) is 7.62. The number of aryl methyl sites for hydroxylation is 3. The lowest BCUT2D eigenvalue weighted by Gasteiger charge is -2.17. The molecule has 0 saturated carbocycles. The van der Waals surface area contributed by atoms with Crippen molar-refractivity contribution in [3.05, 3.63) is 47.4 Å². The molecule has 19 heavy (non-hydrogen) atoms. The van der Waals surface area contributed by atoms with Crippen LogP contribution in [-0.2, 0) is 12.5 Å². The molecular weight excluding hydrogens is 232 g/mol. The fourth-order valence-corrected chi connectivity index (χ4v) is 2.16. The summed E-state index contributed by atoms with van der Waals surface area (Å²) in [6.07, 6.45) is 2.12. The van der Waals surface area contributed by atoms with Crippen LogP contribution in [0.3, 0.4) is 0 Å². The largest absolute Gasteiger partial charge is 0.258 e. The van der Waals surface area contributed by atoms with E-state index < -0.39 is 6.85 Å². The monoisotopic (exact) mass is 258 g/mol. The van der Waals surface area contributed by atoms with E-state index in [2.05, 4.69) is 48.7 Å². The highest BCUT2D eigenvalue weighted by atomic mass is 14.9. The number of aromatic nitrogens is 2. The first kappa shape index (κ1) is 10.1. The van der Waals surface area contributed by atoms with E-state index in [1.54, 1.807) is 6.07 Å². The average molecular weight is 258 g/mol. The summed E-state index contributed by atoms with van der Waals surface area (Å²) in [4.78, 5) is 4.26. The van der Waals surface area contributed by atoms with Crippen molar-refractivity contribution in [3.8, 4) is 11.3 Å². The van der Waals surface area contributed by atoms with Crippen LogP contribution in [0.5, 0.6) is 0 Å². The van der Waals surface area contributed by atoms with Crippen LogP contribution in [0.15, 0.2) is 30.5 Å². The molecule has 0 amide bonds. The van der Waals surface area contributed by atoms with Gasteiger partial charge in [-0.15, -0.1) is 0 Å². The van der Waals surface area contributed by atoms with Crippen molar-refractivity contribution in [2.24, 2.45) is 7.05 Å². The van der Waals surface area contributed by atoms with Crippen molar-refractivity contribution in [1.29, 1.82) is 0 Å². The molecule has 0 spiro atoms. The highest BCUT2D eigenvalue weighted by Gasteiger charge is 2.20. The van der Waals surface area contributed by atoms with E-state index in [0.29, 0.717) is 0 Å². The van der Waals surface area contributed by atoms with Crippen molar-refractivity contribution in [2.75, 3.05) is 0 Å². The Morgan fingerprint density at radius 3 is 2.42 bits per heavy atom. The Morgan fingerprint density at radius 2 is 1.89 bits per heavy atom. The molecule has 2 aromatic rings. The van der Waals surface area contributed by atoms with Crippen molar-refractivity contribution in [1.82, 2.24) is 4.98 Å². The topological polar surface area (TPSA) is 16.8 Å². The number of hydrogen-bond acceptors (Lipinski definition) is 1. The molecule has 2 rings (SSSR count). The Balaban J connectivity index is 2.49. The van der Waals surface area contributed by atoms with Gasteiger partial charge in [-0.25, -0.2) is 4.57 Å². The molecule has 0 unspecified atom stereocenters. The molecule has 0 radical (unpaired) electrons. The van der Waals surface area contributed by atoms with Crippen LogP contribution in [0, 0.1) is 13.8 Å². The first-order chi connectivity index (χ1) is 10.00. The summed E-state index contributed by atoms with van der Waals surface area (Å²) in [5.74, 6) is 0. The quantitative estimate of drug-likeness (QED) is 0.716. The summed E-state index contributed by atoms with van der Waals surface area (Å²) in [6.45, 7) is 6.23. The van der Waals surface area contributed by atoms with E-state index in [1.807, 2.05) is 20.0 Å². The standard InChI is InChI=1S/C17H23N2/c1-12-7-9-15(13(2)18-12)16-10-8-14(11-19(16)6)17(3,4)5/h7-11H,1-6H3/q+1/i1D3. The van der Waals surface area contributed by atoms with Crippen molar-refractivity contribution < 1.29 is 8.68 Å². The molecule has 0 saturated heterocycles. The zero-order valence-electron chi connectivity index (χ0n) is 15.3. The second-order valence-corrected chi connectivity index (χ2v) is 5.99. The van der Waals surface area contributed by atoms with Gasteiger partial charge in [0, 0.05) is 21.4 Å².